The summed E-state index contributed by atoms with van der Waals surface area (Å²) in [6.45, 7) is 25.2. The normalized spacial score (nSPS) is 13.1. The van der Waals surface area contributed by atoms with Crippen LogP contribution in [0.1, 0.15) is 123 Å². The summed E-state index contributed by atoms with van der Waals surface area (Å²) in [5, 5.41) is 24.0. The van der Waals surface area contributed by atoms with Gasteiger partial charge in [-0.1, -0.05) is 127 Å². The third-order valence-electron chi connectivity index (χ3n) is 8.73. The summed E-state index contributed by atoms with van der Waals surface area (Å²) in [7, 11) is 1.50. The van der Waals surface area contributed by atoms with Crippen molar-refractivity contribution in [3.63, 3.8) is 0 Å². The summed E-state index contributed by atoms with van der Waals surface area (Å²) in [4.78, 5) is 22.1. The first-order valence-electron chi connectivity index (χ1n) is 20.5. The predicted molar refractivity (Wildman–Crippen MR) is 255 cm³/mol. The third kappa shape index (κ3) is 14.8. The number of hydrogen-bond donors (Lipinski definition) is 5. The minimum Gasteiger partial charge on any atom is -0.512 e. The molecule has 314 valence electrons. The second kappa shape index (κ2) is 27.2. The molecule has 7 heteroatoms. The Hall–Kier alpha value is -5.53. The number of nitrogens with one attached hydrogen (secondary N) is 1. The molecule has 0 bridgehead atoms. The fraction of sp³-hybridized carbons (Fsp3) is 0.353. The Bertz CT molecular complexity index is 2150. The average Bonchev–Trinajstić information content (AvgIpc) is 3.58. The number of rotatable bonds is 7. The number of benzene rings is 4. The molecule has 0 fully saturated rings. The predicted octanol–water partition coefficient (Wildman–Crippen LogP) is 12.9. The van der Waals surface area contributed by atoms with E-state index in [1.807, 2.05) is 50.3 Å². The highest BCUT2D eigenvalue weighted by Crippen LogP contribution is 2.39. The third-order valence-corrected chi connectivity index (χ3v) is 8.73. The number of fused-ring (bicyclic) bond motifs is 2. The molecule has 5 rings (SSSR count). The lowest BCUT2D eigenvalue weighted by Gasteiger charge is -2.13. The van der Waals surface area contributed by atoms with E-state index in [9.17, 15) is 14.7 Å². The van der Waals surface area contributed by atoms with Gasteiger partial charge in [-0.05, 0) is 134 Å². The van der Waals surface area contributed by atoms with Gasteiger partial charge >= 0.3 is 0 Å². The number of allylic oxidation sites excluding steroid dienone is 10. The van der Waals surface area contributed by atoms with Crippen molar-refractivity contribution in [2.45, 2.75) is 116 Å². The second-order valence-corrected chi connectivity index (χ2v) is 13.9. The summed E-state index contributed by atoms with van der Waals surface area (Å²) in [6.07, 6.45) is 11.8. The lowest BCUT2D eigenvalue weighted by molar-refractivity contribution is -0.116. The minimum absolute atomic E-state index is 0.000524. The van der Waals surface area contributed by atoms with Crippen LogP contribution in [0.3, 0.4) is 0 Å². The monoisotopic (exact) mass is 789 g/mol. The summed E-state index contributed by atoms with van der Waals surface area (Å²) < 4.78 is 0. The average molecular weight is 789 g/mol. The number of anilines is 1. The Morgan fingerprint density at radius 2 is 1.21 bits per heavy atom. The second-order valence-electron chi connectivity index (χ2n) is 13.9. The molecule has 4 aromatic rings. The smallest absolute Gasteiger partial charge is 0.214 e. The molecular weight excluding hydrogens is 717 g/mol. The molecule has 7 nitrogen and oxygen atoms in total. The molecule has 1 aliphatic carbocycles. The molecule has 1 amide bonds. The Morgan fingerprint density at radius 1 is 0.741 bits per heavy atom. The lowest BCUT2D eigenvalue weighted by Crippen LogP contribution is -2.05. The van der Waals surface area contributed by atoms with E-state index in [0.29, 0.717) is 17.7 Å². The fourth-order valence-electron chi connectivity index (χ4n) is 6.44. The number of aliphatic hydroxyl groups excluding tert-OH is 1. The van der Waals surface area contributed by atoms with Crippen molar-refractivity contribution in [3.05, 3.63) is 141 Å². The quantitative estimate of drug-likeness (QED) is 0.0545. The van der Waals surface area contributed by atoms with E-state index in [2.05, 4.69) is 115 Å². The molecule has 1 aliphatic rings. The van der Waals surface area contributed by atoms with Crippen molar-refractivity contribution in [3.8, 4) is 0 Å². The van der Waals surface area contributed by atoms with Crippen molar-refractivity contribution >= 4 is 50.2 Å². The van der Waals surface area contributed by atoms with Crippen LogP contribution >= 0.6 is 0 Å². The van der Waals surface area contributed by atoms with Gasteiger partial charge in [-0.15, -0.1) is 0 Å². The van der Waals surface area contributed by atoms with Gasteiger partial charge < -0.3 is 27.7 Å². The Kier molecular flexibility index (Phi) is 24.6. The van der Waals surface area contributed by atoms with Crippen molar-refractivity contribution in [2.24, 2.45) is 11.5 Å². The van der Waals surface area contributed by atoms with Crippen molar-refractivity contribution in [1.29, 1.82) is 5.41 Å². The van der Waals surface area contributed by atoms with Crippen LogP contribution in [0, 0.1) is 26.2 Å². The van der Waals surface area contributed by atoms with Gasteiger partial charge in [0.2, 0.25) is 5.91 Å². The van der Waals surface area contributed by atoms with Gasteiger partial charge in [-0.3, -0.25) is 9.59 Å². The van der Waals surface area contributed by atoms with E-state index in [-0.39, 0.29) is 17.4 Å². The van der Waals surface area contributed by atoms with Crippen molar-refractivity contribution in [2.75, 3.05) is 12.8 Å². The minimum atomic E-state index is -0.333. The van der Waals surface area contributed by atoms with Crippen LogP contribution in [0.15, 0.2) is 113 Å². The molecule has 0 aliphatic heterocycles. The maximum atomic E-state index is 12.8. The van der Waals surface area contributed by atoms with E-state index in [1.165, 1.54) is 44.9 Å². The van der Waals surface area contributed by atoms with E-state index >= 15 is 0 Å². The molecular formula is C51H72N4O3. The zero-order chi connectivity index (χ0) is 44.7. The SMILES string of the molecule is CC.CC(=O)C(=C(C)O)C1=C(C=CC(=N)c2cccc3c(C)ccc(C)c23)CC/C1=C\C=C(\C)c1cccc2c(C)ccc(N)c12.CC(N)=O.CCC.CCC.CN. The Labute approximate surface area is 350 Å². The molecule has 0 saturated heterocycles. The van der Waals surface area contributed by atoms with Gasteiger partial charge in [0.05, 0.1) is 11.3 Å². The molecule has 0 unspecified atom stereocenters. The molecule has 0 atom stereocenters. The first-order valence-corrected chi connectivity index (χ1v) is 20.5. The molecule has 0 saturated carbocycles. The molecule has 4 aromatic carbocycles. The lowest BCUT2D eigenvalue weighted by atomic mass is 9.92. The number of carbonyl (C=O) groups excluding carboxylic acids is 2. The van der Waals surface area contributed by atoms with Crippen LogP contribution in [-0.2, 0) is 9.59 Å². The van der Waals surface area contributed by atoms with Crippen LogP contribution in [0.25, 0.3) is 27.1 Å². The van der Waals surface area contributed by atoms with Crippen LogP contribution in [0.4, 0.5) is 5.69 Å². The highest BCUT2D eigenvalue weighted by atomic mass is 16.3. The molecule has 0 radical (unpaired) electrons. The highest BCUT2D eigenvalue weighted by molar-refractivity contribution is 6.16. The standard InChI is InChI=1S/C40H40N2O2.2C3H8.C2H5NO.C2H6.CH5N/c1-23-13-14-26(4)37-31(23)9-8-12-34(37)35(41)22-20-30-19-18-29(39(30)38(27(5)43)28(6)44)17-15-24(2)32-10-7-11-33-25(3)16-21-36(42)40(32)33;2*1-3-2;1-2(3)4;2*1-2/h7-17,20-22,41,43H,18-19,42H2,1-6H3;2*3H2,1-2H3;1H3,(H2,3,4);1-2H3;2H2,1H3/b22-20?,24-15-,29-17+,38-27?,41-35?;;;;;. The number of primary amides is 1. The number of nitrogens with two attached hydrogens (primary N) is 3. The Morgan fingerprint density at radius 3 is 1.71 bits per heavy atom. The van der Waals surface area contributed by atoms with Gasteiger partial charge in [-0.25, -0.2) is 0 Å². The maximum absolute atomic E-state index is 12.8. The zero-order valence-corrected chi connectivity index (χ0v) is 37.9. The van der Waals surface area contributed by atoms with Crippen LogP contribution < -0.4 is 17.2 Å². The topological polar surface area (TPSA) is 156 Å². The first-order chi connectivity index (χ1) is 27.5. The summed E-state index contributed by atoms with van der Waals surface area (Å²) >= 11 is 0. The van der Waals surface area contributed by atoms with E-state index in [4.69, 9.17) is 11.1 Å². The number of ketones is 1. The van der Waals surface area contributed by atoms with Gasteiger partial charge in [0.15, 0.2) is 5.78 Å². The molecule has 0 heterocycles. The van der Waals surface area contributed by atoms with Crippen LogP contribution in [0.2, 0.25) is 0 Å². The maximum Gasteiger partial charge on any atom is 0.214 e. The van der Waals surface area contributed by atoms with E-state index < -0.39 is 0 Å². The van der Waals surface area contributed by atoms with Crippen LogP contribution in [0.5, 0.6) is 0 Å². The number of nitrogen functional groups attached to an aromatic ring is 1. The number of aryl methyl sites for hydroxylation is 3. The molecule has 0 aromatic heterocycles. The Balaban J connectivity index is 0.00000205. The number of hydrogen-bond acceptors (Lipinski definition) is 6. The van der Waals surface area contributed by atoms with Gasteiger partial charge in [0.1, 0.15) is 5.76 Å². The molecule has 0 spiro atoms. The zero-order valence-electron chi connectivity index (χ0n) is 37.9. The fourth-order valence-corrected chi connectivity index (χ4v) is 6.44. The largest absolute Gasteiger partial charge is 0.512 e. The number of Topliss-reactive ketones (excluding diaryl/α,β-unsaturated/α-hetero) is 1. The van der Waals surface area contributed by atoms with Crippen molar-refractivity contribution in [1.82, 2.24) is 0 Å². The highest BCUT2D eigenvalue weighted by Gasteiger charge is 2.25. The number of carbonyl (C=O) groups is 2. The van der Waals surface area contributed by atoms with Crippen LogP contribution in [-0.4, -0.2) is 29.6 Å². The summed E-state index contributed by atoms with van der Waals surface area (Å²) in [5.41, 5.74) is 26.0. The summed E-state index contributed by atoms with van der Waals surface area (Å²) in [5.74, 6) is -0.522. The number of aliphatic hydroxyl groups is 1. The van der Waals surface area contributed by atoms with E-state index in [0.717, 1.165) is 72.6 Å². The van der Waals surface area contributed by atoms with Gasteiger partial charge in [0.25, 0.3) is 0 Å². The summed E-state index contributed by atoms with van der Waals surface area (Å²) in [6, 6.07) is 20.5. The molecule has 8 N–H and O–H groups in total. The molecule has 58 heavy (non-hydrogen) atoms. The first kappa shape index (κ1) is 52.5. The number of amides is 1. The van der Waals surface area contributed by atoms with Gasteiger partial charge in [0, 0.05) is 23.6 Å². The van der Waals surface area contributed by atoms with Gasteiger partial charge in [-0.2, -0.15) is 0 Å². The van der Waals surface area contributed by atoms with E-state index in [1.54, 1.807) is 6.92 Å². The van der Waals surface area contributed by atoms with Crippen molar-refractivity contribution < 1.29 is 14.7 Å².